The number of ether oxygens (including phenoxy) is 1. The highest BCUT2D eigenvalue weighted by Gasteiger charge is 2.09. The second kappa shape index (κ2) is 7.27. The maximum absolute atomic E-state index is 6.00. The first-order valence-electron chi connectivity index (χ1n) is 7.59. The van der Waals surface area contributed by atoms with E-state index in [4.69, 9.17) is 16.3 Å². The predicted octanol–water partition coefficient (Wildman–Crippen LogP) is 2.63. The first-order chi connectivity index (χ1) is 10.3. The second-order valence-electron chi connectivity index (χ2n) is 5.51. The topological polar surface area (TPSA) is 40.3 Å². The highest BCUT2D eigenvalue weighted by molar-refractivity contribution is 6.31. The third-order valence-electron chi connectivity index (χ3n) is 3.89. The van der Waals surface area contributed by atoms with Gasteiger partial charge in [-0.15, -0.1) is 0 Å². The van der Waals surface area contributed by atoms with Crippen LogP contribution in [-0.4, -0.2) is 49.3 Å². The third kappa shape index (κ3) is 4.20. The molecule has 0 radical (unpaired) electrons. The number of hydrogen-bond donors (Lipinski definition) is 2. The van der Waals surface area contributed by atoms with Gasteiger partial charge in [0.25, 0.3) is 0 Å². The Hall–Kier alpha value is -1.07. The minimum Gasteiger partial charge on any atom is -0.379 e. The van der Waals surface area contributed by atoms with Crippen LogP contribution in [0.2, 0.25) is 5.02 Å². The number of hydrogen-bond acceptors (Lipinski definition) is 3. The van der Waals surface area contributed by atoms with Gasteiger partial charge in [0.05, 0.1) is 13.2 Å². The Bertz CT molecular complexity index is 578. The molecule has 0 aliphatic carbocycles. The average molecular weight is 308 g/mol. The van der Waals surface area contributed by atoms with Crippen molar-refractivity contribution in [3.8, 4) is 0 Å². The number of H-pyrrole nitrogens is 1. The smallest absolute Gasteiger partial charge is 0.0594 e. The molecule has 0 bridgehead atoms. The molecule has 3 rings (SSSR count). The Morgan fingerprint density at radius 2 is 2.10 bits per heavy atom. The third-order valence-corrected chi connectivity index (χ3v) is 4.12. The van der Waals surface area contributed by atoms with Crippen molar-refractivity contribution in [2.45, 2.75) is 13.0 Å². The van der Waals surface area contributed by atoms with Gasteiger partial charge < -0.3 is 15.0 Å². The molecule has 1 aliphatic rings. The van der Waals surface area contributed by atoms with Gasteiger partial charge in [-0.3, -0.25) is 4.90 Å². The summed E-state index contributed by atoms with van der Waals surface area (Å²) in [6.45, 7) is 6.96. The fourth-order valence-corrected chi connectivity index (χ4v) is 2.91. The van der Waals surface area contributed by atoms with E-state index in [2.05, 4.69) is 21.3 Å². The number of nitrogens with zero attached hydrogens (tertiary/aromatic N) is 1. The van der Waals surface area contributed by atoms with Crippen molar-refractivity contribution in [2.24, 2.45) is 0 Å². The van der Waals surface area contributed by atoms with Gasteiger partial charge in [0.2, 0.25) is 0 Å². The second-order valence-corrected chi connectivity index (χ2v) is 5.95. The van der Waals surface area contributed by atoms with E-state index in [1.54, 1.807) is 0 Å². The van der Waals surface area contributed by atoms with Gasteiger partial charge in [-0.1, -0.05) is 11.6 Å². The van der Waals surface area contributed by atoms with Gasteiger partial charge in [0.1, 0.15) is 0 Å². The molecule has 0 unspecified atom stereocenters. The molecule has 1 fully saturated rings. The zero-order valence-corrected chi connectivity index (χ0v) is 13.0. The normalized spacial score (nSPS) is 16.6. The fraction of sp³-hybridized carbons (Fsp3) is 0.500. The summed E-state index contributed by atoms with van der Waals surface area (Å²) < 4.78 is 5.35. The Balaban J connectivity index is 1.40. The van der Waals surface area contributed by atoms with E-state index in [-0.39, 0.29) is 0 Å². The molecule has 114 valence electrons. The Morgan fingerprint density at radius 3 is 2.95 bits per heavy atom. The van der Waals surface area contributed by atoms with Crippen LogP contribution in [0.1, 0.15) is 12.1 Å². The fourth-order valence-electron chi connectivity index (χ4n) is 2.73. The molecule has 1 aliphatic heterocycles. The van der Waals surface area contributed by atoms with Gasteiger partial charge in [-0.25, -0.2) is 0 Å². The van der Waals surface area contributed by atoms with Crippen LogP contribution in [0, 0.1) is 0 Å². The molecule has 1 aromatic carbocycles. The lowest BCUT2D eigenvalue weighted by molar-refractivity contribution is 0.0374. The quantitative estimate of drug-likeness (QED) is 0.806. The molecular formula is C16H22ClN3O. The molecule has 2 aromatic rings. The summed E-state index contributed by atoms with van der Waals surface area (Å²) >= 11 is 6.00. The van der Waals surface area contributed by atoms with Crippen molar-refractivity contribution in [3.63, 3.8) is 0 Å². The van der Waals surface area contributed by atoms with Crippen LogP contribution in [0.5, 0.6) is 0 Å². The zero-order chi connectivity index (χ0) is 14.5. The Labute approximate surface area is 130 Å². The lowest BCUT2D eigenvalue weighted by Gasteiger charge is -2.26. The standard InChI is InChI=1S/C16H22ClN3O/c17-14-2-3-16-13(10-14)11-15(19-16)12-18-4-1-5-20-6-8-21-9-7-20/h2-3,10-11,18-19H,1,4-9,12H2. The molecule has 1 aromatic heterocycles. The van der Waals surface area contributed by atoms with Crippen LogP contribution in [0.25, 0.3) is 10.9 Å². The van der Waals surface area contributed by atoms with Gasteiger partial charge in [0.15, 0.2) is 0 Å². The van der Waals surface area contributed by atoms with Crippen LogP contribution in [0.3, 0.4) is 0 Å². The molecule has 2 heterocycles. The molecule has 0 spiro atoms. The number of halogens is 1. The summed E-state index contributed by atoms with van der Waals surface area (Å²) in [7, 11) is 0. The number of morpholine rings is 1. The summed E-state index contributed by atoms with van der Waals surface area (Å²) in [6.07, 6.45) is 1.17. The number of nitrogens with one attached hydrogen (secondary N) is 2. The first-order valence-corrected chi connectivity index (χ1v) is 7.97. The zero-order valence-electron chi connectivity index (χ0n) is 12.2. The molecule has 2 N–H and O–H groups in total. The first kappa shape index (κ1) is 14.9. The van der Waals surface area contributed by atoms with E-state index in [0.717, 1.165) is 56.5 Å². The van der Waals surface area contributed by atoms with Crippen molar-refractivity contribution < 1.29 is 4.74 Å². The van der Waals surface area contributed by atoms with Crippen molar-refractivity contribution in [2.75, 3.05) is 39.4 Å². The summed E-state index contributed by atoms with van der Waals surface area (Å²) in [5.41, 5.74) is 2.35. The molecule has 0 saturated carbocycles. The summed E-state index contributed by atoms with van der Waals surface area (Å²) in [5, 5.41) is 5.45. The monoisotopic (exact) mass is 307 g/mol. The van der Waals surface area contributed by atoms with Gasteiger partial charge in [-0.2, -0.15) is 0 Å². The van der Waals surface area contributed by atoms with Gasteiger partial charge >= 0.3 is 0 Å². The van der Waals surface area contributed by atoms with Gasteiger partial charge in [0, 0.05) is 41.3 Å². The molecule has 21 heavy (non-hydrogen) atoms. The molecule has 1 saturated heterocycles. The van der Waals surface area contributed by atoms with Crippen molar-refractivity contribution in [1.29, 1.82) is 0 Å². The minimum absolute atomic E-state index is 0.784. The SMILES string of the molecule is Clc1ccc2[nH]c(CNCCCN3CCOCC3)cc2c1. The lowest BCUT2D eigenvalue weighted by atomic mass is 10.2. The number of rotatable bonds is 6. The summed E-state index contributed by atoms with van der Waals surface area (Å²) in [5.74, 6) is 0. The van der Waals surface area contributed by atoms with Crippen LogP contribution in [0.4, 0.5) is 0 Å². The number of benzene rings is 1. The molecule has 0 amide bonds. The highest BCUT2D eigenvalue weighted by atomic mass is 35.5. The van der Waals surface area contributed by atoms with E-state index in [1.165, 1.54) is 17.5 Å². The van der Waals surface area contributed by atoms with Crippen LogP contribution in [-0.2, 0) is 11.3 Å². The van der Waals surface area contributed by atoms with E-state index in [0.29, 0.717) is 0 Å². The molecule has 4 nitrogen and oxygen atoms in total. The summed E-state index contributed by atoms with van der Waals surface area (Å²) in [4.78, 5) is 5.88. The Kier molecular flexibility index (Phi) is 5.14. The highest BCUT2D eigenvalue weighted by Crippen LogP contribution is 2.19. The lowest BCUT2D eigenvalue weighted by Crippen LogP contribution is -2.37. The van der Waals surface area contributed by atoms with Crippen molar-refractivity contribution >= 4 is 22.5 Å². The van der Waals surface area contributed by atoms with E-state index < -0.39 is 0 Å². The van der Waals surface area contributed by atoms with Crippen LogP contribution >= 0.6 is 11.6 Å². The van der Waals surface area contributed by atoms with Crippen molar-refractivity contribution in [1.82, 2.24) is 15.2 Å². The number of aromatic nitrogens is 1. The van der Waals surface area contributed by atoms with Crippen LogP contribution in [0.15, 0.2) is 24.3 Å². The minimum atomic E-state index is 0.784. The largest absolute Gasteiger partial charge is 0.379 e. The molecule has 5 heteroatoms. The number of aromatic amines is 1. The average Bonchev–Trinajstić information content (AvgIpc) is 2.90. The van der Waals surface area contributed by atoms with Gasteiger partial charge in [-0.05, 0) is 43.8 Å². The Morgan fingerprint density at radius 1 is 1.24 bits per heavy atom. The van der Waals surface area contributed by atoms with E-state index >= 15 is 0 Å². The maximum atomic E-state index is 6.00. The molecule has 0 atom stereocenters. The van der Waals surface area contributed by atoms with Crippen LogP contribution < -0.4 is 5.32 Å². The number of fused-ring (bicyclic) bond motifs is 1. The van der Waals surface area contributed by atoms with E-state index in [9.17, 15) is 0 Å². The maximum Gasteiger partial charge on any atom is 0.0594 e. The summed E-state index contributed by atoms with van der Waals surface area (Å²) in [6, 6.07) is 8.10. The van der Waals surface area contributed by atoms with Crippen molar-refractivity contribution in [3.05, 3.63) is 35.0 Å². The predicted molar refractivity (Wildman–Crippen MR) is 86.9 cm³/mol. The molecular weight excluding hydrogens is 286 g/mol. The van der Waals surface area contributed by atoms with E-state index in [1.807, 2.05) is 18.2 Å².